The SMILES string of the molecule is Cc1ccc(Oc2nc(NN)nc(OC(C)C)n2)c(Cl)c1. The molecule has 0 unspecified atom stereocenters. The molecule has 3 N–H and O–H groups in total. The highest BCUT2D eigenvalue weighted by Crippen LogP contribution is 2.29. The van der Waals surface area contributed by atoms with Crippen molar-refractivity contribution in [1.29, 1.82) is 0 Å². The minimum absolute atomic E-state index is 0.0411. The second-order valence-electron chi connectivity index (χ2n) is 4.57. The molecule has 0 spiro atoms. The number of nitrogens with one attached hydrogen (secondary N) is 1. The van der Waals surface area contributed by atoms with E-state index in [1.165, 1.54) is 0 Å². The normalized spacial score (nSPS) is 10.6. The van der Waals surface area contributed by atoms with Crippen LogP contribution in [0, 0.1) is 6.92 Å². The zero-order valence-corrected chi connectivity index (χ0v) is 12.7. The van der Waals surface area contributed by atoms with Gasteiger partial charge in [-0.25, -0.2) is 5.84 Å². The van der Waals surface area contributed by atoms with E-state index >= 15 is 0 Å². The lowest BCUT2D eigenvalue weighted by Gasteiger charge is -2.11. The van der Waals surface area contributed by atoms with Gasteiger partial charge in [-0.3, -0.25) is 5.43 Å². The number of benzene rings is 1. The van der Waals surface area contributed by atoms with Crippen LogP contribution in [0.3, 0.4) is 0 Å². The number of hydrogen-bond acceptors (Lipinski definition) is 7. The van der Waals surface area contributed by atoms with E-state index in [0.717, 1.165) is 5.56 Å². The first-order chi connectivity index (χ1) is 9.97. The first-order valence-corrected chi connectivity index (χ1v) is 6.69. The molecule has 0 radical (unpaired) electrons. The van der Waals surface area contributed by atoms with Crippen LogP contribution >= 0.6 is 11.6 Å². The first kappa shape index (κ1) is 15.3. The predicted octanol–water partition coefficient (Wildman–Crippen LogP) is 2.70. The molecule has 0 bridgehead atoms. The summed E-state index contributed by atoms with van der Waals surface area (Å²) >= 11 is 6.11. The maximum absolute atomic E-state index is 6.11. The van der Waals surface area contributed by atoms with Crippen molar-refractivity contribution in [2.45, 2.75) is 26.9 Å². The molecule has 1 aromatic carbocycles. The lowest BCUT2D eigenvalue weighted by molar-refractivity contribution is 0.218. The Morgan fingerprint density at radius 2 is 1.90 bits per heavy atom. The maximum atomic E-state index is 6.11. The number of nitrogen functional groups attached to an aromatic ring is 1. The van der Waals surface area contributed by atoms with Crippen LogP contribution in [0.1, 0.15) is 19.4 Å². The van der Waals surface area contributed by atoms with Crippen LogP contribution in [0.15, 0.2) is 18.2 Å². The monoisotopic (exact) mass is 309 g/mol. The summed E-state index contributed by atoms with van der Waals surface area (Å²) in [6.45, 7) is 5.65. The number of ether oxygens (including phenoxy) is 2. The average molecular weight is 310 g/mol. The molecule has 0 amide bonds. The number of halogens is 1. The summed E-state index contributed by atoms with van der Waals surface area (Å²) in [5.74, 6) is 5.90. The fraction of sp³-hybridized carbons (Fsp3) is 0.308. The average Bonchev–Trinajstić information content (AvgIpc) is 2.41. The summed E-state index contributed by atoms with van der Waals surface area (Å²) < 4.78 is 11.0. The molecule has 1 aromatic heterocycles. The lowest BCUT2D eigenvalue weighted by atomic mass is 10.2. The van der Waals surface area contributed by atoms with Gasteiger partial charge in [-0.2, -0.15) is 9.97 Å². The number of nitrogens with two attached hydrogens (primary N) is 1. The van der Waals surface area contributed by atoms with Gasteiger partial charge < -0.3 is 9.47 Å². The number of nitrogens with zero attached hydrogens (tertiary/aromatic N) is 3. The highest BCUT2D eigenvalue weighted by molar-refractivity contribution is 6.32. The summed E-state index contributed by atoms with van der Waals surface area (Å²) in [5.41, 5.74) is 3.36. The van der Waals surface area contributed by atoms with Crippen molar-refractivity contribution in [3.63, 3.8) is 0 Å². The molecule has 0 fully saturated rings. The largest absolute Gasteiger partial charge is 0.461 e. The smallest absolute Gasteiger partial charge is 0.330 e. The number of aromatic nitrogens is 3. The third kappa shape index (κ3) is 4.17. The van der Waals surface area contributed by atoms with E-state index in [1.54, 1.807) is 12.1 Å². The van der Waals surface area contributed by atoms with E-state index in [1.807, 2.05) is 26.8 Å². The van der Waals surface area contributed by atoms with Crippen LogP contribution in [0.2, 0.25) is 5.02 Å². The molecule has 0 aliphatic carbocycles. The van der Waals surface area contributed by atoms with Gasteiger partial charge in [-0.1, -0.05) is 17.7 Å². The Morgan fingerprint density at radius 1 is 1.19 bits per heavy atom. The van der Waals surface area contributed by atoms with Crippen molar-refractivity contribution >= 4 is 17.5 Å². The molecule has 21 heavy (non-hydrogen) atoms. The highest BCUT2D eigenvalue weighted by Gasteiger charge is 2.12. The number of aryl methyl sites for hydroxylation is 1. The van der Waals surface area contributed by atoms with Crippen LogP contribution < -0.4 is 20.7 Å². The molecule has 0 atom stereocenters. The Morgan fingerprint density at radius 3 is 2.52 bits per heavy atom. The molecule has 8 heteroatoms. The van der Waals surface area contributed by atoms with E-state index in [9.17, 15) is 0 Å². The van der Waals surface area contributed by atoms with Gasteiger partial charge in [0.1, 0.15) is 5.75 Å². The first-order valence-electron chi connectivity index (χ1n) is 6.31. The van der Waals surface area contributed by atoms with Gasteiger partial charge in [0.15, 0.2) is 0 Å². The molecule has 2 rings (SSSR count). The Kier molecular flexibility index (Phi) is 4.77. The highest BCUT2D eigenvalue weighted by atomic mass is 35.5. The minimum Gasteiger partial charge on any atom is -0.461 e. The zero-order valence-electron chi connectivity index (χ0n) is 11.9. The van der Waals surface area contributed by atoms with Crippen molar-refractivity contribution in [2.24, 2.45) is 5.84 Å². The molecule has 0 aliphatic rings. The van der Waals surface area contributed by atoms with Crippen molar-refractivity contribution < 1.29 is 9.47 Å². The summed E-state index contributed by atoms with van der Waals surface area (Å²) in [6.07, 6.45) is -0.0890. The van der Waals surface area contributed by atoms with E-state index in [4.69, 9.17) is 26.9 Å². The van der Waals surface area contributed by atoms with Crippen molar-refractivity contribution in [3.05, 3.63) is 28.8 Å². The van der Waals surface area contributed by atoms with Crippen molar-refractivity contribution in [2.75, 3.05) is 5.43 Å². The number of hydrazine groups is 1. The van der Waals surface area contributed by atoms with Gasteiger partial charge in [0.05, 0.1) is 11.1 Å². The van der Waals surface area contributed by atoms with Gasteiger partial charge in [0.25, 0.3) is 0 Å². The van der Waals surface area contributed by atoms with E-state index < -0.39 is 0 Å². The van der Waals surface area contributed by atoms with Crippen LogP contribution in [0.4, 0.5) is 5.95 Å². The number of anilines is 1. The maximum Gasteiger partial charge on any atom is 0.330 e. The summed E-state index contributed by atoms with van der Waals surface area (Å²) in [6, 6.07) is 5.55. The molecule has 0 saturated heterocycles. The molecule has 2 aromatic rings. The van der Waals surface area contributed by atoms with E-state index in [-0.39, 0.29) is 24.1 Å². The number of hydrogen-bond donors (Lipinski definition) is 2. The molecule has 1 heterocycles. The van der Waals surface area contributed by atoms with Crippen molar-refractivity contribution in [3.8, 4) is 17.8 Å². The van der Waals surface area contributed by atoms with Gasteiger partial charge in [-0.05, 0) is 38.5 Å². The topological polar surface area (TPSA) is 95.2 Å². The van der Waals surface area contributed by atoms with Crippen LogP contribution in [0.5, 0.6) is 17.8 Å². The molecule has 112 valence electrons. The van der Waals surface area contributed by atoms with Gasteiger partial charge in [-0.15, -0.1) is 4.98 Å². The minimum atomic E-state index is -0.0890. The third-order valence-corrected chi connectivity index (χ3v) is 2.65. The number of rotatable bonds is 5. The second-order valence-corrected chi connectivity index (χ2v) is 4.98. The quantitative estimate of drug-likeness (QED) is 0.647. The zero-order chi connectivity index (χ0) is 15.4. The Bertz CT molecular complexity index is 636. The summed E-state index contributed by atoms with van der Waals surface area (Å²) in [5, 5.41) is 0.462. The Balaban J connectivity index is 2.29. The fourth-order valence-corrected chi connectivity index (χ4v) is 1.77. The summed E-state index contributed by atoms with van der Waals surface area (Å²) in [7, 11) is 0. The fourth-order valence-electron chi connectivity index (χ4n) is 1.50. The molecular weight excluding hydrogens is 294 g/mol. The molecular formula is C13H16ClN5O2. The molecule has 0 saturated carbocycles. The Hall–Kier alpha value is -2.12. The summed E-state index contributed by atoms with van der Waals surface area (Å²) in [4.78, 5) is 12.0. The van der Waals surface area contributed by atoms with Gasteiger partial charge >= 0.3 is 12.0 Å². The molecule has 0 aliphatic heterocycles. The standard InChI is InChI=1S/C13H16ClN5O2/c1-7(2)20-12-16-11(19-15)17-13(18-12)21-10-5-4-8(3)6-9(10)14/h4-7H,15H2,1-3H3,(H,16,17,18,19). The van der Waals surface area contributed by atoms with Crippen LogP contribution in [-0.4, -0.2) is 21.1 Å². The van der Waals surface area contributed by atoms with E-state index in [0.29, 0.717) is 10.8 Å². The van der Waals surface area contributed by atoms with Gasteiger partial charge in [0, 0.05) is 0 Å². The predicted molar refractivity (Wildman–Crippen MR) is 79.7 cm³/mol. The second kappa shape index (κ2) is 6.55. The van der Waals surface area contributed by atoms with Gasteiger partial charge in [0.2, 0.25) is 5.95 Å². The lowest BCUT2D eigenvalue weighted by Crippen LogP contribution is -2.15. The van der Waals surface area contributed by atoms with Crippen molar-refractivity contribution in [1.82, 2.24) is 15.0 Å². The van der Waals surface area contributed by atoms with Crippen LogP contribution in [0.25, 0.3) is 0 Å². The van der Waals surface area contributed by atoms with Crippen LogP contribution in [-0.2, 0) is 0 Å². The van der Waals surface area contributed by atoms with E-state index in [2.05, 4.69) is 20.4 Å². The third-order valence-electron chi connectivity index (χ3n) is 2.35. The molecule has 7 nitrogen and oxygen atoms in total. The Labute approximate surface area is 127 Å².